The smallest absolute Gasteiger partial charge is 0.255 e. The first kappa shape index (κ1) is 25.7. The van der Waals surface area contributed by atoms with Crippen molar-refractivity contribution < 1.29 is 19.5 Å². The number of halogens is 1. The number of carbonyl (C=O) groups excluding carboxylic acids is 2. The number of rotatable bonds is 8. The summed E-state index contributed by atoms with van der Waals surface area (Å²) in [6.45, 7) is -0.126. The number of nitrogens with zero attached hydrogens (tertiary/aromatic N) is 1. The molecule has 1 aliphatic rings. The third-order valence-electron chi connectivity index (χ3n) is 6.82. The molecule has 0 radical (unpaired) electrons. The van der Waals surface area contributed by atoms with E-state index in [0.717, 1.165) is 16.7 Å². The zero-order valence-electron chi connectivity index (χ0n) is 20.5. The molecule has 0 bridgehead atoms. The van der Waals surface area contributed by atoms with Gasteiger partial charge in [-0.2, -0.15) is 0 Å². The van der Waals surface area contributed by atoms with Crippen molar-refractivity contribution in [2.24, 2.45) is 0 Å². The molecule has 7 heteroatoms. The van der Waals surface area contributed by atoms with Gasteiger partial charge in [-0.05, 0) is 40.5 Å². The highest BCUT2D eigenvalue weighted by Gasteiger charge is 2.47. The second-order valence-electron chi connectivity index (χ2n) is 9.12. The van der Waals surface area contributed by atoms with Crippen LogP contribution in [0, 0.1) is 0 Å². The zero-order valence-corrected chi connectivity index (χ0v) is 21.3. The minimum Gasteiger partial charge on any atom is -0.394 e. The molecule has 4 aromatic rings. The van der Waals surface area contributed by atoms with Crippen molar-refractivity contribution in [2.75, 3.05) is 6.61 Å². The molecule has 0 unspecified atom stereocenters. The number of benzene rings is 4. The second kappa shape index (κ2) is 11.6. The van der Waals surface area contributed by atoms with Crippen LogP contribution in [0.1, 0.15) is 50.6 Å². The summed E-state index contributed by atoms with van der Waals surface area (Å²) in [4.78, 5) is 35.1. The normalized spacial score (nSPS) is 17.5. The van der Waals surface area contributed by atoms with Crippen molar-refractivity contribution in [3.8, 4) is 0 Å². The van der Waals surface area contributed by atoms with Crippen LogP contribution in [0.2, 0.25) is 5.02 Å². The number of aliphatic hydroxyl groups excluding tert-OH is 1. The lowest BCUT2D eigenvalue weighted by atomic mass is 9.78. The molecule has 0 saturated carbocycles. The van der Waals surface area contributed by atoms with Gasteiger partial charge in [-0.15, -0.1) is 0 Å². The summed E-state index contributed by atoms with van der Waals surface area (Å²) in [7, 11) is 0. The summed E-state index contributed by atoms with van der Waals surface area (Å²) in [5.41, 5.74) is 6.02. The Labute approximate surface area is 226 Å². The van der Waals surface area contributed by atoms with Gasteiger partial charge in [0.15, 0.2) is 0 Å². The molecule has 2 N–H and O–H groups in total. The highest BCUT2D eigenvalue weighted by molar-refractivity contribution is 6.30. The minimum atomic E-state index is -0.807. The molecule has 38 heavy (non-hydrogen) atoms. The van der Waals surface area contributed by atoms with Crippen molar-refractivity contribution in [2.45, 2.75) is 24.6 Å². The van der Waals surface area contributed by atoms with Crippen LogP contribution in [-0.2, 0) is 16.2 Å². The van der Waals surface area contributed by atoms with Crippen LogP contribution in [0.5, 0.6) is 0 Å². The van der Waals surface area contributed by atoms with Crippen molar-refractivity contribution >= 4 is 23.4 Å². The standard InChI is InChI=1S/C31H27ClN2O4/c32-24-17-15-23(16-18-24)29-28(30(36)33-38-20-21-9-3-1-4-10-21)25-13-7-8-14-26(25)31(37)34(29)27(19-35)22-11-5-2-6-12-22/h1-18,27-29,35H,19-20H2,(H,33,36)/t27-,28+,29-/m1/s1. The van der Waals surface area contributed by atoms with Crippen LogP contribution < -0.4 is 5.48 Å². The van der Waals surface area contributed by atoms with Crippen molar-refractivity contribution in [3.63, 3.8) is 0 Å². The Morgan fingerprint density at radius 1 is 0.895 bits per heavy atom. The van der Waals surface area contributed by atoms with Crippen LogP contribution in [0.25, 0.3) is 0 Å². The van der Waals surface area contributed by atoms with E-state index in [4.69, 9.17) is 16.4 Å². The van der Waals surface area contributed by atoms with Gasteiger partial charge in [0.05, 0.1) is 31.2 Å². The molecule has 1 aliphatic heterocycles. The highest BCUT2D eigenvalue weighted by Crippen LogP contribution is 2.46. The van der Waals surface area contributed by atoms with Crippen LogP contribution in [-0.4, -0.2) is 28.4 Å². The van der Waals surface area contributed by atoms with Gasteiger partial charge in [0, 0.05) is 10.6 Å². The van der Waals surface area contributed by atoms with Crippen LogP contribution >= 0.6 is 11.6 Å². The lowest BCUT2D eigenvalue weighted by molar-refractivity contribution is -0.138. The Balaban J connectivity index is 1.59. The Hall–Kier alpha value is -3.97. The topological polar surface area (TPSA) is 78.9 Å². The molecule has 4 aromatic carbocycles. The number of aliphatic hydroxyl groups is 1. The fourth-order valence-corrected chi connectivity index (χ4v) is 5.18. The van der Waals surface area contributed by atoms with Gasteiger partial charge in [-0.1, -0.05) is 103 Å². The summed E-state index contributed by atoms with van der Waals surface area (Å²) in [6.07, 6.45) is 0. The molecule has 0 aliphatic carbocycles. The van der Waals surface area contributed by atoms with Gasteiger partial charge in [0.25, 0.3) is 11.8 Å². The predicted molar refractivity (Wildman–Crippen MR) is 145 cm³/mol. The molecule has 1 heterocycles. The molecule has 0 aromatic heterocycles. The predicted octanol–water partition coefficient (Wildman–Crippen LogP) is 5.60. The quantitative estimate of drug-likeness (QED) is 0.293. The maximum absolute atomic E-state index is 14.0. The molecular weight excluding hydrogens is 500 g/mol. The van der Waals surface area contributed by atoms with E-state index < -0.39 is 23.9 Å². The first-order valence-corrected chi connectivity index (χ1v) is 12.7. The third kappa shape index (κ3) is 5.20. The van der Waals surface area contributed by atoms with Crippen LogP contribution in [0.15, 0.2) is 109 Å². The van der Waals surface area contributed by atoms with E-state index in [0.29, 0.717) is 16.1 Å². The summed E-state index contributed by atoms with van der Waals surface area (Å²) in [5.74, 6) is -1.47. The third-order valence-corrected chi connectivity index (χ3v) is 7.07. The van der Waals surface area contributed by atoms with E-state index in [1.807, 2.05) is 78.9 Å². The molecule has 5 rings (SSSR count). The van der Waals surface area contributed by atoms with Gasteiger partial charge >= 0.3 is 0 Å². The SMILES string of the molecule is O=C(NOCc1ccccc1)[C@H]1c2ccccc2C(=O)N([C@H](CO)c2ccccc2)[C@@H]1c1ccc(Cl)cc1. The van der Waals surface area contributed by atoms with E-state index in [1.54, 1.807) is 35.2 Å². The fourth-order valence-electron chi connectivity index (χ4n) is 5.05. The van der Waals surface area contributed by atoms with Crippen molar-refractivity contribution in [1.29, 1.82) is 0 Å². The minimum absolute atomic E-state index is 0.193. The highest BCUT2D eigenvalue weighted by atomic mass is 35.5. The molecule has 6 nitrogen and oxygen atoms in total. The molecular formula is C31H27ClN2O4. The summed E-state index contributed by atoms with van der Waals surface area (Å²) in [6, 6.07) is 31.6. The maximum atomic E-state index is 14.0. The molecule has 2 amide bonds. The number of hydroxylamine groups is 1. The Kier molecular flexibility index (Phi) is 7.84. The van der Waals surface area contributed by atoms with E-state index in [9.17, 15) is 14.7 Å². The lowest BCUT2D eigenvalue weighted by Crippen LogP contribution is -2.49. The van der Waals surface area contributed by atoms with E-state index in [-0.39, 0.29) is 19.1 Å². The van der Waals surface area contributed by atoms with Gasteiger partial charge < -0.3 is 10.0 Å². The molecule has 0 fully saturated rings. The lowest BCUT2D eigenvalue weighted by Gasteiger charge is -2.45. The Bertz CT molecular complexity index is 1400. The number of amides is 2. The summed E-state index contributed by atoms with van der Waals surface area (Å²) in [5, 5.41) is 11.1. The number of hydrogen-bond acceptors (Lipinski definition) is 4. The average molecular weight is 527 g/mol. The van der Waals surface area contributed by atoms with Gasteiger partial charge in [-0.25, -0.2) is 5.48 Å². The zero-order chi connectivity index (χ0) is 26.5. The average Bonchev–Trinajstić information content (AvgIpc) is 2.96. The number of nitrogens with one attached hydrogen (secondary N) is 1. The van der Waals surface area contributed by atoms with Gasteiger partial charge in [0.2, 0.25) is 0 Å². The largest absolute Gasteiger partial charge is 0.394 e. The summed E-state index contributed by atoms with van der Waals surface area (Å²) < 4.78 is 0. The summed E-state index contributed by atoms with van der Waals surface area (Å²) >= 11 is 6.19. The molecule has 192 valence electrons. The Morgan fingerprint density at radius 2 is 1.53 bits per heavy atom. The van der Waals surface area contributed by atoms with Gasteiger partial charge in [-0.3, -0.25) is 14.4 Å². The molecule has 0 saturated heterocycles. The number of carbonyl (C=O) groups is 2. The monoisotopic (exact) mass is 526 g/mol. The molecule has 0 spiro atoms. The maximum Gasteiger partial charge on any atom is 0.255 e. The van der Waals surface area contributed by atoms with Crippen molar-refractivity contribution in [3.05, 3.63) is 142 Å². The Morgan fingerprint density at radius 3 is 2.21 bits per heavy atom. The van der Waals surface area contributed by atoms with Crippen molar-refractivity contribution in [1.82, 2.24) is 10.4 Å². The first-order valence-electron chi connectivity index (χ1n) is 12.4. The second-order valence-corrected chi connectivity index (χ2v) is 9.56. The van der Waals surface area contributed by atoms with Crippen LogP contribution in [0.4, 0.5) is 0 Å². The number of fused-ring (bicyclic) bond motifs is 1. The van der Waals surface area contributed by atoms with E-state index in [2.05, 4.69) is 5.48 Å². The first-order chi connectivity index (χ1) is 18.6. The number of hydrogen-bond donors (Lipinski definition) is 2. The van der Waals surface area contributed by atoms with E-state index >= 15 is 0 Å². The van der Waals surface area contributed by atoms with E-state index in [1.165, 1.54) is 0 Å². The van der Waals surface area contributed by atoms with Crippen LogP contribution in [0.3, 0.4) is 0 Å². The van der Waals surface area contributed by atoms with Gasteiger partial charge in [0.1, 0.15) is 0 Å². The fraction of sp³-hybridized carbons (Fsp3) is 0.161. The molecule has 3 atom stereocenters.